The average Bonchev–Trinajstić information content (AvgIpc) is 2.46. The fourth-order valence-corrected chi connectivity index (χ4v) is 2.78. The molecule has 0 bridgehead atoms. The summed E-state index contributed by atoms with van der Waals surface area (Å²) in [6, 6.07) is -1.18. The van der Waals surface area contributed by atoms with Gasteiger partial charge in [0.2, 0.25) is 0 Å². The SMILES string of the molecule is CCCC1(C(=O)O)CCCN(C(=O)NC(C)C(=O)OC)C1. The second-order valence-corrected chi connectivity index (χ2v) is 5.55. The van der Waals surface area contributed by atoms with Gasteiger partial charge < -0.3 is 20.1 Å². The molecular formula is C14H24N2O5. The van der Waals surface area contributed by atoms with Gasteiger partial charge in [0, 0.05) is 13.1 Å². The number of rotatable bonds is 5. The van der Waals surface area contributed by atoms with E-state index in [2.05, 4.69) is 10.1 Å². The van der Waals surface area contributed by atoms with Crippen LogP contribution in [0.3, 0.4) is 0 Å². The number of carboxylic acid groups (broad SMARTS) is 1. The van der Waals surface area contributed by atoms with Crippen molar-refractivity contribution >= 4 is 18.0 Å². The van der Waals surface area contributed by atoms with Gasteiger partial charge in [0.1, 0.15) is 6.04 Å². The summed E-state index contributed by atoms with van der Waals surface area (Å²) in [5, 5.41) is 12.0. The number of hydrogen-bond acceptors (Lipinski definition) is 4. The minimum Gasteiger partial charge on any atom is -0.481 e. The molecule has 1 aliphatic heterocycles. The van der Waals surface area contributed by atoms with Crippen molar-refractivity contribution in [2.45, 2.75) is 45.6 Å². The molecule has 0 aromatic rings. The average molecular weight is 300 g/mol. The number of ether oxygens (including phenoxy) is 1. The zero-order valence-electron chi connectivity index (χ0n) is 12.8. The molecule has 0 aromatic carbocycles. The van der Waals surface area contributed by atoms with Gasteiger partial charge in [-0.1, -0.05) is 13.3 Å². The molecule has 120 valence electrons. The zero-order valence-corrected chi connectivity index (χ0v) is 12.8. The smallest absolute Gasteiger partial charge is 0.328 e. The van der Waals surface area contributed by atoms with Crippen molar-refractivity contribution in [3.8, 4) is 0 Å². The lowest BCUT2D eigenvalue weighted by molar-refractivity contribution is -0.152. The van der Waals surface area contributed by atoms with Crippen LogP contribution < -0.4 is 5.32 Å². The van der Waals surface area contributed by atoms with Crippen molar-refractivity contribution in [2.24, 2.45) is 5.41 Å². The molecule has 0 aliphatic carbocycles. The second kappa shape index (κ2) is 7.28. The standard InChI is InChI=1S/C14H24N2O5/c1-4-6-14(12(18)19)7-5-8-16(9-14)13(20)15-10(2)11(17)21-3/h10H,4-9H2,1-3H3,(H,15,20)(H,18,19). The fraction of sp³-hybridized carbons (Fsp3) is 0.786. The van der Waals surface area contributed by atoms with Crippen molar-refractivity contribution < 1.29 is 24.2 Å². The summed E-state index contributed by atoms with van der Waals surface area (Å²) in [7, 11) is 1.25. The molecule has 7 nitrogen and oxygen atoms in total. The Hall–Kier alpha value is -1.79. The molecule has 0 radical (unpaired) electrons. The van der Waals surface area contributed by atoms with E-state index in [9.17, 15) is 19.5 Å². The van der Waals surface area contributed by atoms with Crippen LogP contribution in [-0.4, -0.2) is 54.2 Å². The number of hydrogen-bond donors (Lipinski definition) is 2. The Morgan fingerprint density at radius 3 is 2.62 bits per heavy atom. The van der Waals surface area contributed by atoms with Crippen LogP contribution in [0.1, 0.15) is 39.5 Å². The zero-order chi connectivity index (χ0) is 16.0. The Balaban J connectivity index is 2.73. The lowest BCUT2D eigenvalue weighted by atomic mass is 9.76. The largest absolute Gasteiger partial charge is 0.481 e. The molecule has 21 heavy (non-hydrogen) atoms. The Kier molecular flexibility index (Phi) is 5.99. The van der Waals surface area contributed by atoms with Crippen LogP contribution >= 0.6 is 0 Å². The summed E-state index contributed by atoms with van der Waals surface area (Å²) >= 11 is 0. The van der Waals surface area contributed by atoms with Crippen LogP contribution in [0.5, 0.6) is 0 Å². The van der Waals surface area contributed by atoms with Gasteiger partial charge in [-0.2, -0.15) is 0 Å². The van der Waals surface area contributed by atoms with Gasteiger partial charge >= 0.3 is 18.0 Å². The molecule has 1 saturated heterocycles. The quantitative estimate of drug-likeness (QED) is 0.744. The third-order valence-corrected chi connectivity index (χ3v) is 3.94. The van der Waals surface area contributed by atoms with Gasteiger partial charge in [0.15, 0.2) is 0 Å². The number of esters is 1. The molecule has 1 fully saturated rings. The minimum absolute atomic E-state index is 0.176. The summed E-state index contributed by atoms with van der Waals surface area (Å²) < 4.78 is 4.55. The first-order valence-electron chi connectivity index (χ1n) is 7.23. The van der Waals surface area contributed by atoms with Gasteiger partial charge in [-0.25, -0.2) is 9.59 Å². The van der Waals surface area contributed by atoms with Crippen LogP contribution in [0.2, 0.25) is 0 Å². The van der Waals surface area contributed by atoms with Gasteiger partial charge in [0.05, 0.1) is 12.5 Å². The van der Waals surface area contributed by atoms with E-state index in [0.717, 1.165) is 6.42 Å². The number of likely N-dealkylation sites (tertiary alicyclic amines) is 1. The van der Waals surface area contributed by atoms with E-state index in [1.54, 1.807) is 0 Å². The highest BCUT2D eigenvalue weighted by molar-refractivity contribution is 5.84. The number of urea groups is 1. The van der Waals surface area contributed by atoms with E-state index >= 15 is 0 Å². The lowest BCUT2D eigenvalue weighted by Gasteiger charge is -2.40. The van der Waals surface area contributed by atoms with Gasteiger partial charge in [-0.15, -0.1) is 0 Å². The van der Waals surface area contributed by atoms with E-state index in [0.29, 0.717) is 25.8 Å². The van der Waals surface area contributed by atoms with Gasteiger partial charge in [-0.3, -0.25) is 4.79 Å². The molecule has 1 aliphatic rings. The van der Waals surface area contributed by atoms with E-state index in [-0.39, 0.29) is 6.54 Å². The molecule has 0 spiro atoms. The van der Waals surface area contributed by atoms with Crippen molar-refractivity contribution in [2.75, 3.05) is 20.2 Å². The van der Waals surface area contributed by atoms with Crippen LogP contribution in [0.4, 0.5) is 4.79 Å². The summed E-state index contributed by atoms with van der Waals surface area (Å²) in [6.45, 7) is 4.14. The van der Waals surface area contributed by atoms with Crippen LogP contribution in [0, 0.1) is 5.41 Å². The van der Waals surface area contributed by atoms with Gasteiger partial charge in [0.25, 0.3) is 0 Å². The molecule has 0 saturated carbocycles. The van der Waals surface area contributed by atoms with E-state index in [1.807, 2.05) is 6.92 Å². The van der Waals surface area contributed by atoms with Crippen LogP contribution in [0.25, 0.3) is 0 Å². The summed E-state index contributed by atoms with van der Waals surface area (Å²) in [5.41, 5.74) is -0.876. The Labute approximate surface area is 124 Å². The maximum absolute atomic E-state index is 12.2. The molecule has 1 heterocycles. The van der Waals surface area contributed by atoms with Crippen LogP contribution in [-0.2, 0) is 14.3 Å². The summed E-state index contributed by atoms with van der Waals surface area (Å²) in [5.74, 6) is -1.39. The lowest BCUT2D eigenvalue weighted by Crippen LogP contribution is -2.54. The summed E-state index contributed by atoms with van der Waals surface area (Å²) in [4.78, 5) is 36.5. The number of aliphatic carboxylic acids is 1. The number of nitrogens with zero attached hydrogens (tertiary/aromatic N) is 1. The third-order valence-electron chi connectivity index (χ3n) is 3.94. The number of amides is 2. The highest BCUT2D eigenvalue weighted by Gasteiger charge is 2.43. The first-order valence-corrected chi connectivity index (χ1v) is 7.23. The molecule has 0 aromatic heterocycles. The maximum Gasteiger partial charge on any atom is 0.328 e. The second-order valence-electron chi connectivity index (χ2n) is 5.55. The predicted molar refractivity (Wildman–Crippen MR) is 75.8 cm³/mol. The highest BCUT2D eigenvalue weighted by Crippen LogP contribution is 2.35. The Morgan fingerprint density at radius 1 is 1.43 bits per heavy atom. The maximum atomic E-state index is 12.2. The number of piperidine rings is 1. The molecule has 2 amide bonds. The van der Waals surface area contributed by atoms with Crippen molar-refractivity contribution in [3.05, 3.63) is 0 Å². The van der Waals surface area contributed by atoms with E-state index in [4.69, 9.17) is 0 Å². The molecule has 2 unspecified atom stereocenters. The molecule has 2 atom stereocenters. The molecule has 2 N–H and O–H groups in total. The normalized spacial score (nSPS) is 23.3. The van der Waals surface area contributed by atoms with E-state index in [1.165, 1.54) is 18.9 Å². The number of carbonyl (C=O) groups is 3. The van der Waals surface area contributed by atoms with Crippen LogP contribution in [0.15, 0.2) is 0 Å². The number of carbonyl (C=O) groups excluding carboxylic acids is 2. The topological polar surface area (TPSA) is 95.9 Å². The molecular weight excluding hydrogens is 276 g/mol. The van der Waals surface area contributed by atoms with E-state index < -0.39 is 29.4 Å². The highest BCUT2D eigenvalue weighted by atomic mass is 16.5. The number of carboxylic acids is 1. The Bertz CT molecular complexity index is 408. The summed E-state index contributed by atoms with van der Waals surface area (Å²) in [6.07, 6.45) is 2.51. The monoisotopic (exact) mass is 300 g/mol. The molecule has 1 rings (SSSR count). The predicted octanol–water partition coefficient (Wildman–Crippen LogP) is 1.22. The minimum atomic E-state index is -0.876. The van der Waals surface area contributed by atoms with Crippen molar-refractivity contribution in [1.29, 1.82) is 0 Å². The van der Waals surface area contributed by atoms with Crippen molar-refractivity contribution in [3.63, 3.8) is 0 Å². The van der Waals surface area contributed by atoms with Crippen molar-refractivity contribution in [1.82, 2.24) is 10.2 Å². The number of methoxy groups -OCH3 is 1. The first kappa shape index (κ1) is 17.3. The fourth-order valence-electron chi connectivity index (χ4n) is 2.78. The number of nitrogens with one attached hydrogen (secondary N) is 1. The Morgan fingerprint density at radius 2 is 2.10 bits per heavy atom. The first-order chi connectivity index (χ1) is 9.86. The molecule has 7 heteroatoms. The third kappa shape index (κ3) is 4.09. The van der Waals surface area contributed by atoms with Gasteiger partial charge in [-0.05, 0) is 26.2 Å².